The van der Waals surface area contributed by atoms with Gasteiger partial charge in [-0.1, -0.05) is 31.5 Å². The maximum absolute atomic E-state index is 11.2. The van der Waals surface area contributed by atoms with E-state index in [1.807, 2.05) is 13.2 Å². The monoisotopic (exact) mass is 307 g/mol. The van der Waals surface area contributed by atoms with E-state index >= 15 is 0 Å². The number of nitrogens with one attached hydrogen (secondary N) is 1. The Labute approximate surface area is 129 Å². The first-order valence-electron chi connectivity index (χ1n) is 7.25. The van der Waals surface area contributed by atoms with Gasteiger partial charge in [-0.25, -0.2) is 14.8 Å². The van der Waals surface area contributed by atoms with Gasteiger partial charge >= 0.3 is 5.97 Å². The Balaban J connectivity index is 2.32. The Hall–Kier alpha value is -1.56. The lowest BCUT2D eigenvalue weighted by molar-refractivity contribution is -0.132. The standard InChI is InChI=1S/C15H21N3O2S/c1-3-10(14(19)20)8-11-9-16-15(21-2)18-13(11)17-12-6-4-5-7-12/h8-9,12H,3-7H2,1-2H3,(H,19,20)(H,16,17,18). The van der Waals surface area contributed by atoms with E-state index < -0.39 is 5.97 Å². The summed E-state index contributed by atoms with van der Waals surface area (Å²) in [4.78, 5) is 19.9. The fraction of sp³-hybridized carbons (Fsp3) is 0.533. The van der Waals surface area contributed by atoms with E-state index in [1.54, 1.807) is 12.3 Å². The summed E-state index contributed by atoms with van der Waals surface area (Å²) >= 11 is 1.48. The Morgan fingerprint density at radius 3 is 2.81 bits per heavy atom. The summed E-state index contributed by atoms with van der Waals surface area (Å²) in [6.45, 7) is 1.83. The predicted molar refractivity (Wildman–Crippen MR) is 85.6 cm³/mol. The topological polar surface area (TPSA) is 75.1 Å². The highest BCUT2D eigenvalue weighted by atomic mass is 32.2. The molecule has 0 atom stereocenters. The molecular formula is C15H21N3O2S. The second-order valence-corrected chi connectivity index (χ2v) is 5.89. The van der Waals surface area contributed by atoms with Crippen molar-refractivity contribution in [2.24, 2.45) is 0 Å². The Morgan fingerprint density at radius 1 is 1.52 bits per heavy atom. The zero-order valence-corrected chi connectivity index (χ0v) is 13.2. The number of carboxylic acids is 1. The quantitative estimate of drug-likeness (QED) is 0.476. The summed E-state index contributed by atoms with van der Waals surface area (Å²) in [5.41, 5.74) is 1.11. The van der Waals surface area contributed by atoms with Crippen LogP contribution in [0.2, 0.25) is 0 Å². The molecule has 0 saturated heterocycles. The van der Waals surface area contributed by atoms with Gasteiger partial charge in [0.15, 0.2) is 5.16 Å². The van der Waals surface area contributed by atoms with E-state index in [1.165, 1.54) is 24.6 Å². The second-order valence-electron chi connectivity index (χ2n) is 5.11. The van der Waals surface area contributed by atoms with Gasteiger partial charge in [0.05, 0.1) is 0 Å². The average Bonchev–Trinajstić information content (AvgIpc) is 2.98. The molecule has 0 amide bonds. The molecule has 1 aliphatic rings. The lowest BCUT2D eigenvalue weighted by atomic mass is 10.1. The maximum Gasteiger partial charge on any atom is 0.331 e. The SMILES string of the molecule is CCC(=Cc1cnc(SC)nc1NC1CCCC1)C(=O)O. The molecule has 2 N–H and O–H groups in total. The van der Waals surface area contributed by atoms with Gasteiger partial charge in [0.2, 0.25) is 0 Å². The van der Waals surface area contributed by atoms with Crippen LogP contribution in [-0.4, -0.2) is 33.3 Å². The van der Waals surface area contributed by atoms with Crippen LogP contribution < -0.4 is 5.32 Å². The first-order valence-corrected chi connectivity index (χ1v) is 8.48. The largest absolute Gasteiger partial charge is 0.478 e. The molecule has 5 nitrogen and oxygen atoms in total. The number of rotatable bonds is 6. The van der Waals surface area contributed by atoms with Gasteiger partial charge in [0, 0.05) is 23.4 Å². The minimum absolute atomic E-state index is 0.366. The minimum atomic E-state index is -0.891. The molecule has 1 aromatic heterocycles. The van der Waals surface area contributed by atoms with E-state index in [-0.39, 0.29) is 0 Å². The molecule has 21 heavy (non-hydrogen) atoms. The van der Waals surface area contributed by atoms with E-state index in [4.69, 9.17) is 0 Å². The van der Waals surface area contributed by atoms with Crippen molar-refractivity contribution in [3.05, 3.63) is 17.3 Å². The van der Waals surface area contributed by atoms with Gasteiger partial charge in [0.1, 0.15) is 5.82 Å². The molecule has 0 radical (unpaired) electrons. The highest BCUT2D eigenvalue weighted by Crippen LogP contribution is 2.25. The van der Waals surface area contributed by atoms with Gasteiger partial charge in [0.25, 0.3) is 0 Å². The van der Waals surface area contributed by atoms with Crippen LogP contribution in [0.3, 0.4) is 0 Å². The highest BCUT2D eigenvalue weighted by molar-refractivity contribution is 7.98. The van der Waals surface area contributed by atoms with Crippen molar-refractivity contribution >= 4 is 29.6 Å². The fourth-order valence-corrected chi connectivity index (χ4v) is 2.80. The van der Waals surface area contributed by atoms with E-state index in [2.05, 4.69) is 15.3 Å². The number of nitrogens with zero attached hydrogens (tertiary/aromatic N) is 2. The van der Waals surface area contributed by atoms with E-state index in [0.29, 0.717) is 23.2 Å². The number of thioether (sulfide) groups is 1. The molecule has 0 unspecified atom stereocenters. The van der Waals surface area contributed by atoms with Crippen molar-refractivity contribution < 1.29 is 9.90 Å². The molecule has 2 rings (SSSR count). The normalized spacial score (nSPS) is 16.2. The van der Waals surface area contributed by atoms with Crippen molar-refractivity contribution in [3.63, 3.8) is 0 Å². The number of anilines is 1. The third-order valence-corrected chi connectivity index (χ3v) is 4.22. The number of carboxylic acid groups (broad SMARTS) is 1. The number of hydrogen-bond donors (Lipinski definition) is 2. The van der Waals surface area contributed by atoms with Crippen LogP contribution in [0.5, 0.6) is 0 Å². The first kappa shape index (κ1) is 15.8. The summed E-state index contributed by atoms with van der Waals surface area (Å²) < 4.78 is 0. The molecular weight excluding hydrogens is 286 g/mol. The van der Waals surface area contributed by atoms with Crippen LogP contribution >= 0.6 is 11.8 Å². The molecule has 0 spiro atoms. The molecule has 1 aliphatic carbocycles. The van der Waals surface area contributed by atoms with Crippen molar-refractivity contribution in [3.8, 4) is 0 Å². The lowest BCUT2D eigenvalue weighted by Gasteiger charge is -2.15. The van der Waals surface area contributed by atoms with Crippen molar-refractivity contribution in [1.29, 1.82) is 0 Å². The van der Waals surface area contributed by atoms with Gasteiger partial charge in [-0.05, 0) is 31.6 Å². The number of aliphatic carboxylic acids is 1. The second kappa shape index (κ2) is 7.45. The Kier molecular flexibility index (Phi) is 5.61. The zero-order chi connectivity index (χ0) is 15.2. The summed E-state index contributed by atoms with van der Waals surface area (Å²) in [5, 5.41) is 13.3. The van der Waals surface area contributed by atoms with Crippen LogP contribution in [0.25, 0.3) is 6.08 Å². The van der Waals surface area contributed by atoms with Crippen LogP contribution in [0.15, 0.2) is 16.9 Å². The minimum Gasteiger partial charge on any atom is -0.478 e. The fourth-order valence-electron chi connectivity index (χ4n) is 2.46. The van der Waals surface area contributed by atoms with Gasteiger partial charge in [-0.15, -0.1) is 0 Å². The number of aromatic nitrogens is 2. The van der Waals surface area contributed by atoms with Crippen LogP contribution in [0, 0.1) is 0 Å². The lowest BCUT2D eigenvalue weighted by Crippen LogP contribution is -2.17. The molecule has 1 aromatic rings. The molecule has 0 bridgehead atoms. The molecule has 0 aromatic carbocycles. The Bertz CT molecular complexity index is 540. The molecule has 6 heteroatoms. The van der Waals surface area contributed by atoms with E-state index in [0.717, 1.165) is 24.2 Å². The van der Waals surface area contributed by atoms with Crippen LogP contribution in [0.1, 0.15) is 44.6 Å². The third-order valence-electron chi connectivity index (χ3n) is 3.66. The van der Waals surface area contributed by atoms with Crippen LogP contribution in [0.4, 0.5) is 5.82 Å². The van der Waals surface area contributed by atoms with Gasteiger partial charge < -0.3 is 10.4 Å². The van der Waals surface area contributed by atoms with Crippen LogP contribution in [-0.2, 0) is 4.79 Å². The predicted octanol–water partition coefficient (Wildman–Crippen LogP) is 3.43. The zero-order valence-electron chi connectivity index (χ0n) is 12.4. The summed E-state index contributed by atoms with van der Waals surface area (Å²) in [6.07, 6.45) is 10.5. The molecule has 0 aliphatic heterocycles. The molecule has 1 heterocycles. The molecule has 1 fully saturated rings. The highest BCUT2D eigenvalue weighted by Gasteiger charge is 2.17. The van der Waals surface area contributed by atoms with E-state index in [9.17, 15) is 9.90 Å². The third kappa shape index (κ3) is 4.20. The molecule has 114 valence electrons. The summed E-state index contributed by atoms with van der Waals surface area (Å²) in [7, 11) is 0. The van der Waals surface area contributed by atoms with Gasteiger partial charge in [-0.2, -0.15) is 0 Å². The average molecular weight is 307 g/mol. The summed E-state index contributed by atoms with van der Waals surface area (Å²) in [6, 6.07) is 0.427. The number of hydrogen-bond acceptors (Lipinski definition) is 5. The summed E-state index contributed by atoms with van der Waals surface area (Å²) in [5.74, 6) is -0.147. The maximum atomic E-state index is 11.2. The smallest absolute Gasteiger partial charge is 0.331 e. The van der Waals surface area contributed by atoms with Crippen molar-refractivity contribution in [2.45, 2.75) is 50.2 Å². The number of carbonyl (C=O) groups is 1. The Morgan fingerprint density at radius 2 is 2.24 bits per heavy atom. The van der Waals surface area contributed by atoms with Gasteiger partial charge in [-0.3, -0.25) is 0 Å². The van der Waals surface area contributed by atoms with Crippen molar-refractivity contribution in [2.75, 3.05) is 11.6 Å². The molecule has 1 saturated carbocycles. The van der Waals surface area contributed by atoms with Crippen molar-refractivity contribution in [1.82, 2.24) is 9.97 Å². The first-order chi connectivity index (χ1) is 10.1.